The topological polar surface area (TPSA) is 69.4 Å². The number of aryl methyl sites for hydroxylation is 3. The first-order chi connectivity index (χ1) is 9.78. The minimum Gasteiger partial charge on any atom is -0.377 e. The van der Waals surface area contributed by atoms with Crippen LogP contribution in [0.5, 0.6) is 0 Å². The van der Waals surface area contributed by atoms with Crippen LogP contribution in [0, 0.1) is 20.8 Å². The lowest BCUT2D eigenvalue weighted by molar-refractivity contribution is 0.127. The number of benzene rings is 1. The maximum atomic E-state index is 12.3. The highest BCUT2D eigenvalue weighted by Crippen LogP contribution is 2.24. The second-order valence-corrected chi connectivity index (χ2v) is 8.28. The molecule has 1 aromatic carbocycles. The molecule has 0 radical (unpaired) electrons. The van der Waals surface area contributed by atoms with Gasteiger partial charge in [0.05, 0.1) is 17.6 Å². The molecule has 0 spiro atoms. The summed E-state index contributed by atoms with van der Waals surface area (Å²) in [6, 6.07) is 3.63. The van der Waals surface area contributed by atoms with Crippen molar-refractivity contribution >= 4 is 9.84 Å². The highest BCUT2D eigenvalue weighted by atomic mass is 32.2. The maximum Gasteiger partial charge on any atom is 0.154 e. The Bertz CT molecular complexity index is 581. The number of sulfone groups is 1. The number of nitrogens with two attached hydrogens (primary N) is 1. The minimum absolute atomic E-state index is 0.0163. The molecule has 0 aliphatic carbocycles. The first kappa shape index (κ1) is 16.5. The van der Waals surface area contributed by atoms with Crippen molar-refractivity contribution in [3.63, 3.8) is 0 Å². The van der Waals surface area contributed by atoms with Gasteiger partial charge < -0.3 is 10.5 Å². The van der Waals surface area contributed by atoms with E-state index in [2.05, 4.69) is 12.1 Å². The van der Waals surface area contributed by atoms with Gasteiger partial charge in [0.2, 0.25) is 0 Å². The first-order valence-corrected chi connectivity index (χ1v) is 9.26. The van der Waals surface area contributed by atoms with E-state index in [1.54, 1.807) is 0 Å². The zero-order valence-corrected chi connectivity index (χ0v) is 13.9. The van der Waals surface area contributed by atoms with E-state index in [0.29, 0.717) is 6.61 Å². The van der Waals surface area contributed by atoms with E-state index in [9.17, 15) is 8.42 Å². The fraction of sp³-hybridized carbons (Fsp3) is 0.625. The molecular weight excluding hydrogens is 286 g/mol. The molecule has 2 unspecified atom stereocenters. The van der Waals surface area contributed by atoms with E-state index >= 15 is 0 Å². The Morgan fingerprint density at radius 1 is 1.29 bits per heavy atom. The summed E-state index contributed by atoms with van der Waals surface area (Å²) in [5, 5.41) is 0. The molecular formula is C16H25NO3S. The molecule has 21 heavy (non-hydrogen) atoms. The Morgan fingerprint density at radius 3 is 2.43 bits per heavy atom. The van der Waals surface area contributed by atoms with Crippen molar-refractivity contribution in [2.75, 3.05) is 18.1 Å². The molecule has 118 valence electrons. The van der Waals surface area contributed by atoms with Crippen LogP contribution < -0.4 is 5.73 Å². The van der Waals surface area contributed by atoms with Crippen molar-refractivity contribution in [2.24, 2.45) is 5.73 Å². The van der Waals surface area contributed by atoms with Gasteiger partial charge in [-0.25, -0.2) is 8.42 Å². The number of hydrogen-bond acceptors (Lipinski definition) is 4. The van der Waals surface area contributed by atoms with Crippen molar-refractivity contribution in [1.29, 1.82) is 0 Å². The zero-order valence-electron chi connectivity index (χ0n) is 13.1. The van der Waals surface area contributed by atoms with Crippen LogP contribution in [0.2, 0.25) is 0 Å². The van der Waals surface area contributed by atoms with Crippen LogP contribution >= 0.6 is 0 Å². The largest absolute Gasteiger partial charge is 0.377 e. The molecule has 2 atom stereocenters. The van der Waals surface area contributed by atoms with E-state index in [1.165, 1.54) is 5.56 Å². The van der Waals surface area contributed by atoms with Gasteiger partial charge in [0.1, 0.15) is 0 Å². The molecule has 1 aliphatic rings. The minimum atomic E-state index is -3.21. The average molecular weight is 311 g/mol. The van der Waals surface area contributed by atoms with Gasteiger partial charge in [-0.1, -0.05) is 17.7 Å². The normalized spacial score (nSPS) is 20.7. The SMILES string of the molecule is Cc1cc(C)c(C(N)CS(=O)(=O)CC2CCCO2)c(C)c1. The Balaban J connectivity index is 2.11. The molecule has 1 aliphatic heterocycles. The fourth-order valence-corrected chi connectivity index (χ4v) is 4.94. The Hall–Kier alpha value is -0.910. The van der Waals surface area contributed by atoms with Gasteiger partial charge >= 0.3 is 0 Å². The van der Waals surface area contributed by atoms with E-state index in [1.807, 2.05) is 20.8 Å². The summed E-state index contributed by atoms with van der Waals surface area (Å²) in [5.41, 5.74) is 10.4. The first-order valence-electron chi connectivity index (χ1n) is 7.44. The van der Waals surface area contributed by atoms with Crippen LogP contribution in [0.3, 0.4) is 0 Å². The summed E-state index contributed by atoms with van der Waals surface area (Å²) in [5.74, 6) is 0.0717. The average Bonchev–Trinajstić information content (AvgIpc) is 2.78. The fourth-order valence-electron chi connectivity index (χ4n) is 3.26. The monoisotopic (exact) mass is 311 g/mol. The van der Waals surface area contributed by atoms with Gasteiger partial charge in [-0.15, -0.1) is 0 Å². The van der Waals surface area contributed by atoms with Gasteiger partial charge in [0.15, 0.2) is 9.84 Å². The smallest absolute Gasteiger partial charge is 0.154 e. The molecule has 4 nitrogen and oxygen atoms in total. The molecule has 2 rings (SSSR count). The van der Waals surface area contributed by atoms with E-state index in [-0.39, 0.29) is 17.6 Å². The number of ether oxygens (including phenoxy) is 1. The summed E-state index contributed by atoms with van der Waals surface area (Å²) in [7, 11) is -3.21. The second kappa shape index (κ2) is 6.46. The highest BCUT2D eigenvalue weighted by molar-refractivity contribution is 7.91. The summed E-state index contributed by atoms with van der Waals surface area (Å²) in [6.07, 6.45) is 1.63. The standard InChI is InChI=1S/C16H25NO3S/c1-11-7-12(2)16(13(3)8-11)15(17)10-21(18,19)9-14-5-4-6-20-14/h7-8,14-15H,4-6,9-10,17H2,1-3H3. The van der Waals surface area contributed by atoms with E-state index < -0.39 is 15.9 Å². The molecule has 0 saturated carbocycles. The van der Waals surface area contributed by atoms with Crippen LogP contribution in [-0.4, -0.2) is 32.6 Å². The molecule has 1 aromatic rings. The molecule has 5 heteroatoms. The van der Waals surface area contributed by atoms with Crippen LogP contribution in [0.1, 0.15) is 41.1 Å². The molecule has 1 heterocycles. The third-order valence-electron chi connectivity index (χ3n) is 4.01. The second-order valence-electron chi connectivity index (χ2n) is 6.13. The van der Waals surface area contributed by atoms with Crippen LogP contribution in [0.15, 0.2) is 12.1 Å². The summed E-state index contributed by atoms with van der Waals surface area (Å²) < 4.78 is 30.0. The Kier molecular flexibility index (Phi) is 5.07. The summed E-state index contributed by atoms with van der Waals surface area (Å²) in [6.45, 7) is 6.68. The number of rotatable bonds is 5. The van der Waals surface area contributed by atoms with Crippen LogP contribution in [-0.2, 0) is 14.6 Å². The Morgan fingerprint density at radius 2 is 1.90 bits per heavy atom. The van der Waals surface area contributed by atoms with Gasteiger partial charge in [-0.2, -0.15) is 0 Å². The summed E-state index contributed by atoms with van der Waals surface area (Å²) in [4.78, 5) is 0. The highest BCUT2D eigenvalue weighted by Gasteiger charge is 2.26. The van der Waals surface area contributed by atoms with Crippen molar-refractivity contribution in [3.05, 3.63) is 34.4 Å². The van der Waals surface area contributed by atoms with Crippen molar-refractivity contribution in [1.82, 2.24) is 0 Å². The Labute approximate surface area is 127 Å². The third kappa shape index (κ3) is 4.28. The van der Waals surface area contributed by atoms with E-state index in [4.69, 9.17) is 10.5 Å². The van der Waals surface area contributed by atoms with Crippen molar-refractivity contribution in [3.8, 4) is 0 Å². The predicted molar refractivity (Wildman–Crippen MR) is 85.2 cm³/mol. The molecule has 0 aromatic heterocycles. The van der Waals surface area contributed by atoms with Gasteiger partial charge in [0.25, 0.3) is 0 Å². The lowest BCUT2D eigenvalue weighted by Crippen LogP contribution is -2.29. The van der Waals surface area contributed by atoms with Crippen molar-refractivity contribution in [2.45, 2.75) is 45.8 Å². The quantitative estimate of drug-likeness (QED) is 0.905. The maximum absolute atomic E-state index is 12.3. The predicted octanol–water partition coefficient (Wildman–Crippen LogP) is 2.21. The van der Waals surface area contributed by atoms with Gasteiger partial charge in [-0.3, -0.25) is 0 Å². The number of hydrogen-bond donors (Lipinski definition) is 1. The van der Waals surface area contributed by atoms with Gasteiger partial charge in [-0.05, 0) is 50.3 Å². The van der Waals surface area contributed by atoms with E-state index in [0.717, 1.165) is 29.5 Å². The lowest BCUT2D eigenvalue weighted by atomic mass is 9.95. The molecule has 1 saturated heterocycles. The molecule has 1 fully saturated rings. The summed E-state index contributed by atoms with van der Waals surface area (Å²) >= 11 is 0. The molecule has 2 N–H and O–H groups in total. The third-order valence-corrected chi connectivity index (χ3v) is 5.75. The molecule has 0 amide bonds. The van der Waals surface area contributed by atoms with Crippen LogP contribution in [0.25, 0.3) is 0 Å². The molecule has 0 bridgehead atoms. The van der Waals surface area contributed by atoms with Crippen molar-refractivity contribution < 1.29 is 13.2 Å². The van der Waals surface area contributed by atoms with Crippen LogP contribution in [0.4, 0.5) is 0 Å². The lowest BCUT2D eigenvalue weighted by Gasteiger charge is -2.19. The van der Waals surface area contributed by atoms with Gasteiger partial charge in [0, 0.05) is 12.6 Å². The zero-order chi connectivity index (χ0) is 15.6.